The number of alkyl halides is 1. The van der Waals surface area contributed by atoms with Crippen LogP contribution in [0.3, 0.4) is 0 Å². The lowest BCUT2D eigenvalue weighted by atomic mass is 10.1. The first-order chi connectivity index (χ1) is 8.04. The Bertz CT molecular complexity index is 466. The number of amides is 1. The van der Waals surface area contributed by atoms with Crippen molar-refractivity contribution in [2.45, 2.75) is 13.3 Å². The van der Waals surface area contributed by atoms with Gasteiger partial charge in [0.15, 0.2) is 5.82 Å². The zero-order chi connectivity index (χ0) is 12.6. The SMILES string of the molecule is Cc1c(Br)cnc(N2CC(CCl)CC2=O)c1N. The smallest absolute Gasteiger partial charge is 0.228 e. The number of nitrogens with zero attached hydrogens (tertiary/aromatic N) is 2. The lowest BCUT2D eigenvalue weighted by molar-refractivity contribution is -0.117. The molecule has 1 aliphatic rings. The van der Waals surface area contributed by atoms with E-state index in [0.29, 0.717) is 30.4 Å². The van der Waals surface area contributed by atoms with Gasteiger partial charge in [0.25, 0.3) is 0 Å². The van der Waals surface area contributed by atoms with E-state index in [2.05, 4.69) is 20.9 Å². The highest BCUT2D eigenvalue weighted by atomic mass is 79.9. The molecule has 6 heteroatoms. The molecule has 1 amide bonds. The summed E-state index contributed by atoms with van der Waals surface area (Å²) in [5.74, 6) is 1.26. The van der Waals surface area contributed by atoms with Crippen LogP contribution in [0.2, 0.25) is 0 Å². The average Bonchev–Trinajstić information content (AvgIpc) is 2.68. The molecule has 1 saturated heterocycles. The lowest BCUT2D eigenvalue weighted by Crippen LogP contribution is -2.27. The zero-order valence-corrected chi connectivity index (χ0v) is 11.8. The predicted molar refractivity (Wildman–Crippen MR) is 72.3 cm³/mol. The minimum atomic E-state index is 0.0385. The largest absolute Gasteiger partial charge is 0.395 e. The first-order valence-electron chi connectivity index (χ1n) is 5.31. The van der Waals surface area contributed by atoms with E-state index in [-0.39, 0.29) is 11.8 Å². The quantitative estimate of drug-likeness (QED) is 0.851. The van der Waals surface area contributed by atoms with Gasteiger partial charge in [-0.2, -0.15) is 0 Å². The molecule has 0 radical (unpaired) electrons. The van der Waals surface area contributed by atoms with E-state index < -0.39 is 0 Å². The lowest BCUT2D eigenvalue weighted by Gasteiger charge is -2.18. The summed E-state index contributed by atoms with van der Waals surface area (Å²) in [6.45, 7) is 2.49. The van der Waals surface area contributed by atoms with Crippen molar-refractivity contribution >= 4 is 44.9 Å². The van der Waals surface area contributed by atoms with Crippen LogP contribution in [0.4, 0.5) is 11.5 Å². The van der Waals surface area contributed by atoms with Gasteiger partial charge in [-0.15, -0.1) is 11.6 Å². The number of aromatic nitrogens is 1. The van der Waals surface area contributed by atoms with Crippen molar-refractivity contribution in [3.8, 4) is 0 Å². The number of hydrogen-bond acceptors (Lipinski definition) is 3. The molecule has 0 bridgehead atoms. The molecule has 92 valence electrons. The van der Waals surface area contributed by atoms with E-state index in [1.54, 1.807) is 11.1 Å². The Morgan fingerprint density at radius 3 is 3.00 bits per heavy atom. The molecule has 0 spiro atoms. The Kier molecular flexibility index (Phi) is 3.58. The zero-order valence-electron chi connectivity index (χ0n) is 9.41. The minimum absolute atomic E-state index is 0.0385. The van der Waals surface area contributed by atoms with Gasteiger partial charge in [-0.25, -0.2) is 4.98 Å². The number of pyridine rings is 1. The highest BCUT2D eigenvalue weighted by Crippen LogP contribution is 2.32. The molecule has 17 heavy (non-hydrogen) atoms. The molecule has 0 aliphatic carbocycles. The van der Waals surface area contributed by atoms with Gasteiger partial charge < -0.3 is 5.73 Å². The molecule has 1 aromatic rings. The van der Waals surface area contributed by atoms with E-state index in [1.165, 1.54) is 0 Å². The number of carbonyl (C=O) groups is 1. The van der Waals surface area contributed by atoms with E-state index in [1.807, 2.05) is 6.92 Å². The Morgan fingerprint density at radius 1 is 1.71 bits per heavy atom. The van der Waals surface area contributed by atoms with E-state index in [0.717, 1.165) is 10.0 Å². The van der Waals surface area contributed by atoms with Crippen molar-refractivity contribution < 1.29 is 4.79 Å². The number of nitrogens with two attached hydrogens (primary N) is 1. The average molecular weight is 319 g/mol. The topological polar surface area (TPSA) is 59.2 Å². The van der Waals surface area contributed by atoms with Crippen LogP contribution in [0.5, 0.6) is 0 Å². The highest BCUT2D eigenvalue weighted by Gasteiger charge is 2.32. The Hall–Kier alpha value is -0.810. The Labute approximate surface area is 113 Å². The van der Waals surface area contributed by atoms with Gasteiger partial charge in [0.1, 0.15) is 0 Å². The molecular weight excluding hydrogens is 305 g/mol. The van der Waals surface area contributed by atoms with Crippen LogP contribution in [0.15, 0.2) is 10.7 Å². The fourth-order valence-corrected chi connectivity index (χ4v) is 2.41. The van der Waals surface area contributed by atoms with Crippen molar-refractivity contribution in [2.24, 2.45) is 5.92 Å². The summed E-state index contributed by atoms with van der Waals surface area (Å²) in [4.78, 5) is 17.7. The number of rotatable bonds is 2. The molecule has 1 fully saturated rings. The van der Waals surface area contributed by atoms with Crippen LogP contribution < -0.4 is 10.6 Å². The van der Waals surface area contributed by atoms with Gasteiger partial charge in [-0.3, -0.25) is 9.69 Å². The molecule has 0 aromatic carbocycles. The van der Waals surface area contributed by atoms with Crippen molar-refractivity contribution in [1.82, 2.24) is 4.98 Å². The second-order valence-electron chi connectivity index (χ2n) is 4.20. The van der Waals surface area contributed by atoms with Crippen LogP contribution in [0.25, 0.3) is 0 Å². The standard InChI is InChI=1S/C11H13BrClN3O/c1-6-8(12)4-15-11(10(6)14)16-5-7(3-13)2-9(16)17/h4,7H,2-3,5,14H2,1H3. The highest BCUT2D eigenvalue weighted by molar-refractivity contribution is 9.10. The fraction of sp³-hybridized carbons (Fsp3) is 0.455. The monoisotopic (exact) mass is 317 g/mol. The molecule has 2 heterocycles. The third kappa shape index (κ3) is 2.26. The van der Waals surface area contributed by atoms with Crippen LogP contribution >= 0.6 is 27.5 Å². The number of carbonyl (C=O) groups excluding carboxylic acids is 1. The summed E-state index contributed by atoms with van der Waals surface area (Å²) in [6, 6.07) is 0. The maximum atomic E-state index is 11.9. The number of halogens is 2. The molecule has 0 saturated carbocycles. The summed E-state index contributed by atoms with van der Waals surface area (Å²) in [6.07, 6.45) is 2.14. The third-order valence-corrected chi connectivity index (χ3v) is 4.22. The van der Waals surface area contributed by atoms with E-state index >= 15 is 0 Å². The Morgan fingerprint density at radius 2 is 2.41 bits per heavy atom. The molecular formula is C11H13BrClN3O. The van der Waals surface area contributed by atoms with Crippen molar-refractivity contribution in [3.05, 3.63) is 16.2 Å². The van der Waals surface area contributed by atoms with Gasteiger partial charge in [0.05, 0.1) is 5.69 Å². The predicted octanol–water partition coefficient (Wildman–Crippen LogP) is 2.33. The summed E-state index contributed by atoms with van der Waals surface area (Å²) in [5.41, 5.74) is 7.44. The van der Waals surface area contributed by atoms with Gasteiger partial charge in [-0.05, 0) is 34.3 Å². The summed E-state index contributed by atoms with van der Waals surface area (Å²) < 4.78 is 0.847. The number of hydrogen-bond donors (Lipinski definition) is 1. The third-order valence-electron chi connectivity index (χ3n) is 2.98. The minimum Gasteiger partial charge on any atom is -0.395 e. The second kappa shape index (κ2) is 4.82. The second-order valence-corrected chi connectivity index (χ2v) is 5.36. The van der Waals surface area contributed by atoms with Crippen molar-refractivity contribution in [3.63, 3.8) is 0 Å². The van der Waals surface area contributed by atoms with Crippen molar-refractivity contribution in [1.29, 1.82) is 0 Å². The van der Waals surface area contributed by atoms with Crippen LogP contribution in [-0.4, -0.2) is 23.3 Å². The van der Waals surface area contributed by atoms with Crippen LogP contribution in [0, 0.1) is 12.8 Å². The van der Waals surface area contributed by atoms with E-state index in [4.69, 9.17) is 17.3 Å². The van der Waals surface area contributed by atoms with Crippen LogP contribution in [-0.2, 0) is 4.79 Å². The van der Waals surface area contributed by atoms with Crippen LogP contribution in [0.1, 0.15) is 12.0 Å². The van der Waals surface area contributed by atoms with Gasteiger partial charge >= 0.3 is 0 Å². The van der Waals surface area contributed by atoms with Crippen molar-refractivity contribution in [2.75, 3.05) is 23.1 Å². The van der Waals surface area contributed by atoms with Gasteiger partial charge in [0, 0.05) is 29.5 Å². The molecule has 1 aromatic heterocycles. The number of anilines is 2. The molecule has 2 rings (SSSR count). The van der Waals surface area contributed by atoms with Gasteiger partial charge in [-0.1, -0.05) is 0 Å². The Balaban J connectivity index is 2.35. The summed E-state index contributed by atoms with van der Waals surface area (Å²) >= 11 is 9.15. The van der Waals surface area contributed by atoms with Gasteiger partial charge in [0.2, 0.25) is 5.91 Å². The molecule has 1 atom stereocenters. The summed E-state index contributed by atoms with van der Waals surface area (Å²) in [5, 5.41) is 0. The maximum Gasteiger partial charge on any atom is 0.228 e. The maximum absolute atomic E-state index is 11.9. The molecule has 2 N–H and O–H groups in total. The normalized spacial score (nSPS) is 20.1. The molecule has 1 aliphatic heterocycles. The molecule has 1 unspecified atom stereocenters. The first kappa shape index (κ1) is 12.6. The number of nitrogen functional groups attached to an aromatic ring is 1. The fourth-order valence-electron chi connectivity index (χ4n) is 1.89. The van der Waals surface area contributed by atoms with E-state index in [9.17, 15) is 4.79 Å². The molecule has 4 nitrogen and oxygen atoms in total. The summed E-state index contributed by atoms with van der Waals surface area (Å²) in [7, 11) is 0. The first-order valence-corrected chi connectivity index (χ1v) is 6.64.